The summed E-state index contributed by atoms with van der Waals surface area (Å²) in [6.45, 7) is 6.21. The number of piperidine rings is 1. The monoisotopic (exact) mass is 478 g/mol. The normalized spacial score (nSPS) is 20.9. The Kier molecular flexibility index (Phi) is 7.15. The van der Waals surface area contributed by atoms with Crippen LogP contribution >= 0.6 is 0 Å². The van der Waals surface area contributed by atoms with Gasteiger partial charge in [0.2, 0.25) is 5.91 Å². The molecule has 2 N–H and O–H groups in total. The van der Waals surface area contributed by atoms with Crippen LogP contribution in [0.1, 0.15) is 57.1 Å². The molecule has 186 valence electrons. The first-order valence-electron chi connectivity index (χ1n) is 12.4. The van der Waals surface area contributed by atoms with E-state index >= 15 is 0 Å². The lowest BCUT2D eigenvalue weighted by Gasteiger charge is -2.41. The predicted octanol–water partition coefficient (Wildman–Crippen LogP) is 4.65. The van der Waals surface area contributed by atoms with Crippen molar-refractivity contribution in [3.8, 4) is 11.1 Å². The van der Waals surface area contributed by atoms with E-state index in [9.17, 15) is 19.5 Å². The second-order valence-corrected chi connectivity index (χ2v) is 10.0. The first-order valence-corrected chi connectivity index (χ1v) is 12.4. The summed E-state index contributed by atoms with van der Waals surface area (Å²) in [5, 5.41) is 12.2. The van der Waals surface area contributed by atoms with Crippen LogP contribution in [-0.4, -0.2) is 53.7 Å². The number of amides is 2. The summed E-state index contributed by atoms with van der Waals surface area (Å²) in [7, 11) is 0. The molecule has 1 heterocycles. The maximum absolute atomic E-state index is 13.4. The topological polar surface area (TPSA) is 95.9 Å². The number of nitrogens with zero attached hydrogens (tertiary/aromatic N) is 1. The van der Waals surface area contributed by atoms with E-state index in [1.54, 1.807) is 4.90 Å². The number of carboxylic acid groups (broad SMARTS) is 1. The summed E-state index contributed by atoms with van der Waals surface area (Å²) in [5.74, 6) is -1.58. The van der Waals surface area contributed by atoms with Crippen molar-refractivity contribution in [2.24, 2.45) is 11.3 Å². The lowest BCUT2D eigenvalue weighted by Crippen LogP contribution is -2.54. The summed E-state index contributed by atoms with van der Waals surface area (Å²) < 4.78 is 5.62. The van der Waals surface area contributed by atoms with Gasteiger partial charge in [0.25, 0.3) is 0 Å². The molecule has 2 amide bonds. The van der Waals surface area contributed by atoms with Gasteiger partial charge in [-0.25, -0.2) is 4.79 Å². The first-order chi connectivity index (χ1) is 16.7. The number of hydrogen-bond donors (Lipinski definition) is 2. The highest BCUT2D eigenvalue weighted by Gasteiger charge is 2.41. The molecule has 1 fully saturated rings. The van der Waals surface area contributed by atoms with Crippen LogP contribution in [0.5, 0.6) is 0 Å². The second kappa shape index (κ2) is 10.1. The third kappa shape index (κ3) is 4.90. The molecule has 1 aliphatic heterocycles. The maximum Gasteiger partial charge on any atom is 0.407 e. The zero-order chi connectivity index (χ0) is 25.2. The van der Waals surface area contributed by atoms with Crippen LogP contribution in [0, 0.1) is 11.3 Å². The predicted molar refractivity (Wildman–Crippen MR) is 133 cm³/mol. The number of carbonyl (C=O) groups excluding carboxylic acids is 2. The van der Waals surface area contributed by atoms with Crippen LogP contribution in [0.15, 0.2) is 48.5 Å². The highest BCUT2D eigenvalue weighted by molar-refractivity contribution is 5.84. The molecule has 4 rings (SSSR count). The Bertz CT molecular complexity index is 1070. The molecule has 7 nitrogen and oxygen atoms in total. The number of likely N-dealkylation sites (tertiary alicyclic amines) is 1. The van der Waals surface area contributed by atoms with E-state index in [-0.39, 0.29) is 37.6 Å². The van der Waals surface area contributed by atoms with Crippen molar-refractivity contribution in [2.75, 3.05) is 19.7 Å². The summed E-state index contributed by atoms with van der Waals surface area (Å²) in [5.41, 5.74) is 3.76. The lowest BCUT2D eigenvalue weighted by molar-refractivity contribution is -0.151. The van der Waals surface area contributed by atoms with E-state index in [1.165, 1.54) is 0 Å². The molecule has 0 aromatic heterocycles. The minimum absolute atomic E-state index is 0.0292. The fraction of sp³-hybridized carbons (Fsp3) is 0.464. The van der Waals surface area contributed by atoms with Gasteiger partial charge >= 0.3 is 12.1 Å². The largest absolute Gasteiger partial charge is 0.481 e. The van der Waals surface area contributed by atoms with Crippen molar-refractivity contribution < 1.29 is 24.2 Å². The Balaban J connectivity index is 1.38. The van der Waals surface area contributed by atoms with Crippen LogP contribution in [0.3, 0.4) is 0 Å². The van der Waals surface area contributed by atoms with Crippen LogP contribution < -0.4 is 5.32 Å². The van der Waals surface area contributed by atoms with Crippen LogP contribution in [0.2, 0.25) is 0 Å². The van der Waals surface area contributed by atoms with Crippen molar-refractivity contribution in [3.05, 3.63) is 59.7 Å². The minimum Gasteiger partial charge on any atom is -0.481 e. The average molecular weight is 479 g/mol. The van der Waals surface area contributed by atoms with Gasteiger partial charge < -0.3 is 20.1 Å². The highest BCUT2D eigenvalue weighted by Crippen LogP contribution is 2.44. The zero-order valence-corrected chi connectivity index (χ0v) is 20.6. The molecule has 1 saturated heterocycles. The van der Waals surface area contributed by atoms with Gasteiger partial charge in [-0.15, -0.1) is 0 Å². The fourth-order valence-corrected chi connectivity index (χ4v) is 5.21. The Morgan fingerprint density at radius 3 is 2.23 bits per heavy atom. The molecular weight excluding hydrogens is 444 g/mol. The summed E-state index contributed by atoms with van der Waals surface area (Å²) >= 11 is 0. The molecule has 2 aliphatic rings. The van der Waals surface area contributed by atoms with Gasteiger partial charge in [0.15, 0.2) is 0 Å². The Morgan fingerprint density at radius 2 is 1.66 bits per heavy atom. The maximum atomic E-state index is 13.4. The third-order valence-corrected chi connectivity index (χ3v) is 7.76. The number of aliphatic carboxylic acids is 1. The van der Waals surface area contributed by atoms with Crippen molar-refractivity contribution in [1.29, 1.82) is 0 Å². The second-order valence-electron chi connectivity index (χ2n) is 10.0. The van der Waals surface area contributed by atoms with Crippen molar-refractivity contribution in [1.82, 2.24) is 10.2 Å². The number of carboxylic acids is 1. The van der Waals surface area contributed by atoms with E-state index in [2.05, 4.69) is 29.6 Å². The molecule has 2 aromatic rings. The van der Waals surface area contributed by atoms with Gasteiger partial charge in [-0.3, -0.25) is 9.59 Å². The number of hydrogen-bond acceptors (Lipinski definition) is 4. The lowest BCUT2D eigenvalue weighted by atomic mass is 9.83. The standard InChI is InChI=1S/C28H34N2O5/c1-4-28(3,26(33)30-15-19(25(31)32)14-13-18(30)2)17-29-27(34)35-16-24-22-11-7-5-9-20(22)21-10-6-8-12-23(21)24/h5-12,18-19,24H,4,13-17H2,1-3H3,(H,29,34)(H,31,32). The Labute approximate surface area is 206 Å². The Morgan fingerprint density at radius 1 is 1.06 bits per heavy atom. The number of rotatable bonds is 7. The summed E-state index contributed by atoms with van der Waals surface area (Å²) in [6, 6.07) is 16.3. The van der Waals surface area contributed by atoms with Crippen molar-refractivity contribution >= 4 is 18.0 Å². The molecule has 3 unspecified atom stereocenters. The fourth-order valence-electron chi connectivity index (χ4n) is 5.21. The van der Waals surface area contributed by atoms with Gasteiger partial charge in [-0.2, -0.15) is 0 Å². The zero-order valence-electron chi connectivity index (χ0n) is 20.6. The molecule has 0 saturated carbocycles. The van der Waals surface area contributed by atoms with Crippen LogP contribution in [-0.2, 0) is 14.3 Å². The molecule has 0 bridgehead atoms. The van der Waals surface area contributed by atoms with Gasteiger partial charge in [0.1, 0.15) is 6.61 Å². The van der Waals surface area contributed by atoms with E-state index < -0.39 is 23.4 Å². The molecule has 2 aromatic carbocycles. The number of carbonyl (C=O) groups is 3. The summed E-state index contributed by atoms with van der Waals surface area (Å²) in [4.78, 5) is 39.2. The third-order valence-electron chi connectivity index (χ3n) is 7.76. The number of ether oxygens (including phenoxy) is 1. The minimum atomic E-state index is -0.871. The van der Waals surface area contributed by atoms with Crippen molar-refractivity contribution in [2.45, 2.75) is 52.0 Å². The SMILES string of the molecule is CCC(C)(CNC(=O)OCC1c2ccccc2-c2ccccc21)C(=O)N1CC(C(=O)O)CCC1C. The highest BCUT2D eigenvalue weighted by atomic mass is 16.5. The molecule has 7 heteroatoms. The van der Waals surface area contributed by atoms with E-state index in [0.29, 0.717) is 19.3 Å². The number of fused-ring (bicyclic) bond motifs is 3. The molecule has 3 atom stereocenters. The Hall–Kier alpha value is -3.35. The number of nitrogens with one attached hydrogen (secondary N) is 1. The van der Waals surface area contributed by atoms with Gasteiger partial charge in [-0.05, 0) is 55.4 Å². The number of alkyl carbamates (subject to hydrolysis) is 1. The van der Waals surface area contributed by atoms with Gasteiger partial charge in [0.05, 0.1) is 11.3 Å². The van der Waals surface area contributed by atoms with Crippen LogP contribution in [0.25, 0.3) is 11.1 Å². The molecular formula is C28H34N2O5. The van der Waals surface area contributed by atoms with E-state index in [0.717, 1.165) is 22.3 Å². The molecule has 1 aliphatic carbocycles. The number of benzene rings is 2. The van der Waals surface area contributed by atoms with Crippen molar-refractivity contribution in [3.63, 3.8) is 0 Å². The first kappa shape index (κ1) is 24.8. The van der Waals surface area contributed by atoms with Gasteiger partial charge in [-0.1, -0.05) is 55.5 Å². The molecule has 0 spiro atoms. The van der Waals surface area contributed by atoms with Crippen LogP contribution in [0.4, 0.5) is 4.79 Å². The average Bonchev–Trinajstić information content (AvgIpc) is 3.19. The molecule has 35 heavy (non-hydrogen) atoms. The quantitative estimate of drug-likeness (QED) is 0.604. The van der Waals surface area contributed by atoms with E-state index in [4.69, 9.17) is 4.74 Å². The van der Waals surface area contributed by atoms with E-state index in [1.807, 2.05) is 45.0 Å². The molecule has 0 radical (unpaired) electrons. The smallest absolute Gasteiger partial charge is 0.407 e. The van der Waals surface area contributed by atoms with Gasteiger partial charge in [0, 0.05) is 25.0 Å². The summed E-state index contributed by atoms with van der Waals surface area (Å²) in [6.07, 6.45) is 1.18.